The lowest BCUT2D eigenvalue weighted by atomic mass is 9.70. The number of hydrogen-bond acceptors (Lipinski definition) is 4. The van der Waals surface area contributed by atoms with E-state index in [0.717, 1.165) is 6.08 Å². The molecule has 1 N–H and O–H groups in total. The van der Waals surface area contributed by atoms with Crippen LogP contribution in [0.15, 0.2) is 24.5 Å². The van der Waals surface area contributed by atoms with E-state index >= 15 is 0 Å². The molecule has 2 aliphatic heterocycles. The molecular formula is C12H14O4. The summed E-state index contributed by atoms with van der Waals surface area (Å²) in [5.74, 6) is -0.321. The van der Waals surface area contributed by atoms with Crippen LogP contribution in [-0.4, -0.2) is 28.9 Å². The third-order valence-electron chi connectivity index (χ3n) is 3.86. The average Bonchev–Trinajstić information content (AvgIpc) is 2.92. The van der Waals surface area contributed by atoms with Gasteiger partial charge in [0.05, 0.1) is 24.2 Å². The van der Waals surface area contributed by atoms with E-state index in [1.807, 2.05) is 6.92 Å². The predicted molar refractivity (Wildman–Crippen MR) is 55.7 cm³/mol. The van der Waals surface area contributed by atoms with E-state index in [0.29, 0.717) is 6.42 Å². The molecule has 86 valence electrons. The molecule has 16 heavy (non-hydrogen) atoms. The summed E-state index contributed by atoms with van der Waals surface area (Å²) in [5.41, 5.74) is -0.921. The molecule has 1 saturated carbocycles. The first-order valence-corrected chi connectivity index (χ1v) is 5.50. The van der Waals surface area contributed by atoms with Crippen LogP contribution in [0.2, 0.25) is 0 Å². The fraction of sp³-hybridized carbons (Fsp3) is 0.583. The minimum atomic E-state index is -0.921. The number of fused-ring (bicyclic) bond motifs is 1. The van der Waals surface area contributed by atoms with Gasteiger partial charge in [0.1, 0.15) is 5.76 Å². The maximum absolute atomic E-state index is 11.3. The van der Waals surface area contributed by atoms with E-state index in [1.165, 1.54) is 0 Å². The molecule has 0 radical (unpaired) electrons. The first kappa shape index (κ1) is 9.90. The van der Waals surface area contributed by atoms with Gasteiger partial charge in [-0.15, -0.1) is 6.58 Å². The van der Waals surface area contributed by atoms with E-state index in [2.05, 4.69) is 6.58 Å². The van der Waals surface area contributed by atoms with Crippen molar-refractivity contribution < 1.29 is 19.4 Å². The first-order valence-electron chi connectivity index (χ1n) is 5.50. The maximum Gasteiger partial charge on any atom is 0.335 e. The molecule has 1 aliphatic carbocycles. The highest BCUT2D eigenvalue weighted by molar-refractivity contribution is 5.86. The molecule has 4 nitrogen and oxygen atoms in total. The number of aliphatic hydroxyl groups excluding tert-OH is 1. The minimum Gasteiger partial charge on any atom is -0.508 e. The van der Waals surface area contributed by atoms with Gasteiger partial charge in [-0.05, 0) is 5.92 Å². The van der Waals surface area contributed by atoms with Gasteiger partial charge in [-0.2, -0.15) is 0 Å². The van der Waals surface area contributed by atoms with E-state index in [-0.39, 0.29) is 29.8 Å². The van der Waals surface area contributed by atoms with Gasteiger partial charge in [-0.1, -0.05) is 13.0 Å². The third kappa shape index (κ3) is 1.05. The highest BCUT2D eigenvalue weighted by atomic mass is 16.6. The largest absolute Gasteiger partial charge is 0.508 e. The minimum absolute atomic E-state index is 0.0169. The standard InChI is InChI=1S/C12H14O4/c1-3-7-11-10(15-11)6(2)5-12(7)8(13)4-9(14)16-12/h3-4,6-7,10-11,13H,1,5H2,2H3/t6-,7-,10+,11-,12-/m1/s1. The second kappa shape index (κ2) is 2.88. The zero-order chi connectivity index (χ0) is 11.5. The molecule has 0 aromatic rings. The van der Waals surface area contributed by atoms with Crippen molar-refractivity contribution in [1.29, 1.82) is 0 Å². The summed E-state index contributed by atoms with van der Waals surface area (Å²) < 4.78 is 10.9. The predicted octanol–water partition coefficient (Wildman–Crippen LogP) is 1.33. The van der Waals surface area contributed by atoms with Crippen LogP contribution in [0.3, 0.4) is 0 Å². The van der Waals surface area contributed by atoms with Crippen LogP contribution >= 0.6 is 0 Å². The quantitative estimate of drug-likeness (QED) is 0.413. The van der Waals surface area contributed by atoms with E-state index in [1.54, 1.807) is 6.08 Å². The Morgan fingerprint density at radius 2 is 2.38 bits per heavy atom. The van der Waals surface area contributed by atoms with Crippen molar-refractivity contribution >= 4 is 5.97 Å². The van der Waals surface area contributed by atoms with Crippen LogP contribution < -0.4 is 0 Å². The Morgan fingerprint density at radius 1 is 1.62 bits per heavy atom. The van der Waals surface area contributed by atoms with Crippen LogP contribution in [0.1, 0.15) is 13.3 Å². The number of rotatable bonds is 1. The highest BCUT2D eigenvalue weighted by Crippen LogP contribution is 2.54. The van der Waals surface area contributed by atoms with Crippen LogP contribution in [0.25, 0.3) is 0 Å². The second-order valence-electron chi connectivity index (χ2n) is 4.85. The van der Waals surface area contributed by atoms with Crippen molar-refractivity contribution in [1.82, 2.24) is 0 Å². The molecule has 1 saturated heterocycles. The second-order valence-corrected chi connectivity index (χ2v) is 4.85. The summed E-state index contributed by atoms with van der Waals surface area (Å²) in [5, 5.41) is 9.94. The first-order chi connectivity index (χ1) is 7.58. The Morgan fingerprint density at radius 3 is 2.94 bits per heavy atom. The topological polar surface area (TPSA) is 59.1 Å². The van der Waals surface area contributed by atoms with Crippen LogP contribution in [0.5, 0.6) is 0 Å². The van der Waals surface area contributed by atoms with Gasteiger partial charge in [0.15, 0.2) is 5.60 Å². The lowest BCUT2D eigenvalue weighted by Gasteiger charge is -2.38. The molecule has 0 amide bonds. The van der Waals surface area contributed by atoms with E-state index in [4.69, 9.17) is 9.47 Å². The van der Waals surface area contributed by atoms with Crippen LogP contribution in [0.4, 0.5) is 0 Å². The number of hydrogen-bond donors (Lipinski definition) is 1. The molecule has 4 heteroatoms. The Hall–Kier alpha value is -1.29. The monoisotopic (exact) mass is 222 g/mol. The molecule has 5 atom stereocenters. The summed E-state index contributed by atoms with van der Waals surface area (Å²) in [6, 6.07) is 0. The van der Waals surface area contributed by atoms with Gasteiger partial charge in [0.25, 0.3) is 0 Å². The fourth-order valence-corrected chi connectivity index (χ4v) is 3.08. The zero-order valence-electron chi connectivity index (χ0n) is 9.05. The molecule has 3 aliphatic rings. The lowest BCUT2D eigenvalue weighted by molar-refractivity contribution is -0.154. The SMILES string of the molecule is C=C[C@@H]1[C@H]2O[C@H]2[C@H](C)C[C@@]12OC(=O)C=C2O. The van der Waals surface area contributed by atoms with Crippen LogP contribution in [-0.2, 0) is 14.3 Å². The van der Waals surface area contributed by atoms with Gasteiger partial charge in [0, 0.05) is 6.42 Å². The summed E-state index contributed by atoms with van der Waals surface area (Å²) in [7, 11) is 0. The Kier molecular flexibility index (Phi) is 1.79. The fourth-order valence-electron chi connectivity index (χ4n) is 3.08. The summed E-state index contributed by atoms with van der Waals surface area (Å²) in [6.07, 6.45) is 3.73. The van der Waals surface area contributed by atoms with Gasteiger partial charge < -0.3 is 14.6 Å². The molecule has 1 spiro atoms. The van der Waals surface area contributed by atoms with E-state index < -0.39 is 11.6 Å². The van der Waals surface area contributed by atoms with Crippen molar-refractivity contribution in [3.8, 4) is 0 Å². The molecular weight excluding hydrogens is 208 g/mol. The van der Waals surface area contributed by atoms with E-state index in [9.17, 15) is 9.90 Å². The number of epoxide rings is 1. The summed E-state index contributed by atoms with van der Waals surface area (Å²) in [4.78, 5) is 11.3. The number of esters is 1. The molecule has 0 unspecified atom stereocenters. The lowest BCUT2D eigenvalue weighted by Crippen LogP contribution is -2.48. The molecule has 0 bridgehead atoms. The molecule has 2 heterocycles. The average molecular weight is 222 g/mol. The summed E-state index contributed by atoms with van der Waals surface area (Å²) in [6.45, 7) is 5.80. The van der Waals surface area contributed by atoms with Crippen molar-refractivity contribution in [2.45, 2.75) is 31.2 Å². The van der Waals surface area contributed by atoms with Gasteiger partial charge in [0.2, 0.25) is 0 Å². The summed E-state index contributed by atoms with van der Waals surface area (Å²) >= 11 is 0. The van der Waals surface area contributed by atoms with Crippen molar-refractivity contribution in [3.63, 3.8) is 0 Å². The van der Waals surface area contributed by atoms with Crippen molar-refractivity contribution in [2.24, 2.45) is 11.8 Å². The van der Waals surface area contributed by atoms with Crippen molar-refractivity contribution in [2.75, 3.05) is 0 Å². The van der Waals surface area contributed by atoms with Gasteiger partial charge in [-0.25, -0.2) is 4.79 Å². The Balaban J connectivity index is 2.01. The van der Waals surface area contributed by atoms with Crippen molar-refractivity contribution in [3.05, 3.63) is 24.5 Å². The highest BCUT2D eigenvalue weighted by Gasteiger charge is 2.65. The third-order valence-corrected chi connectivity index (χ3v) is 3.86. The molecule has 2 fully saturated rings. The number of aliphatic hydroxyl groups is 1. The number of carbonyl (C=O) groups excluding carboxylic acids is 1. The molecule has 3 rings (SSSR count). The van der Waals surface area contributed by atoms with Gasteiger partial charge >= 0.3 is 5.97 Å². The van der Waals surface area contributed by atoms with Crippen LogP contribution in [0, 0.1) is 11.8 Å². The molecule has 0 aromatic heterocycles. The van der Waals surface area contributed by atoms with Gasteiger partial charge in [-0.3, -0.25) is 0 Å². The maximum atomic E-state index is 11.3. The Bertz CT molecular complexity index is 400. The number of ether oxygens (including phenoxy) is 2. The molecule has 0 aromatic carbocycles. The Labute approximate surface area is 93.5 Å². The smallest absolute Gasteiger partial charge is 0.335 e. The normalized spacial score (nSPS) is 49.6. The zero-order valence-corrected chi connectivity index (χ0v) is 9.05. The number of carbonyl (C=O) groups is 1.